The third kappa shape index (κ3) is 5.41. The molecule has 0 radical (unpaired) electrons. The van der Waals surface area contributed by atoms with Gasteiger partial charge < -0.3 is 5.32 Å². The van der Waals surface area contributed by atoms with Gasteiger partial charge in [0.15, 0.2) is 0 Å². The van der Waals surface area contributed by atoms with Crippen LogP contribution in [0.2, 0.25) is 0 Å². The average molecular weight is 360 g/mol. The number of sulfonamides is 1. The summed E-state index contributed by atoms with van der Waals surface area (Å²) in [7, 11) is -3.51. The minimum Gasteiger partial charge on any atom is -0.324 e. The van der Waals surface area contributed by atoms with Crippen molar-refractivity contribution in [3.63, 3.8) is 0 Å². The summed E-state index contributed by atoms with van der Waals surface area (Å²) in [5, 5.41) is 2.83. The molecule has 0 spiro atoms. The minimum absolute atomic E-state index is 0.166. The number of para-hydroxylation sites is 1. The van der Waals surface area contributed by atoms with Crippen LogP contribution in [0.3, 0.4) is 0 Å². The normalized spacial score (nSPS) is 11.6. The predicted octanol–water partition coefficient (Wildman–Crippen LogP) is 3.01. The Hall–Kier alpha value is -2.18. The number of nitrogens with zero attached hydrogens (tertiary/aromatic N) is 1. The lowest BCUT2D eigenvalue weighted by atomic mass is 10.1. The fourth-order valence-electron chi connectivity index (χ4n) is 2.54. The molecule has 134 valence electrons. The van der Waals surface area contributed by atoms with Crippen molar-refractivity contribution in [1.82, 2.24) is 4.31 Å². The first-order valence-electron chi connectivity index (χ1n) is 8.03. The predicted molar refractivity (Wildman–Crippen MR) is 101 cm³/mol. The van der Waals surface area contributed by atoms with Crippen LogP contribution in [0.5, 0.6) is 0 Å². The lowest BCUT2D eigenvalue weighted by Gasteiger charge is -2.20. The monoisotopic (exact) mass is 360 g/mol. The molecule has 0 atom stereocenters. The van der Waals surface area contributed by atoms with Gasteiger partial charge in [-0.15, -0.1) is 0 Å². The van der Waals surface area contributed by atoms with Crippen molar-refractivity contribution in [2.45, 2.75) is 27.3 Å². The Bertz CT molecular complexity index is 838. The second kappa shape index (κ2) is 7.80. The van der Waals surface area contributed by atoms with Gasteiger partial charge in [0.1, 0.15) is 0 Å². The Kier molecular flexibility index (Phi) is 5.98. The van der Waals surface area contributed by atoms with Crippen molar-refractivity contribution in [2.75, 3.05) is 18.1 Å². The van der Waals surface area contributed by atoms with Gasteiger partial charge in [-0.3, -0.25) is 4.79 Å². The SMILES string of the molecule is Cc1ccc(CN(CC(=O)Nc2c(C)cccc2C)S(C)(=O)=O)cc1. The fraction of sp³-hybridized carbons (Fsp3) is 0.316. The van der Waals surface area contributed by atoms with Gasteiger partial charge in [-0.1, -0.05) is 48.0 Å². The number of rotatable bonds is 6. The van der Waals surface area contributed by atoms with Crippen LogP contribution in [-0.2, 0) is 21.4 Å². The number of nitrogens with one attached hydrogen (secondary N) is 1. The lowest BCUT2D eigenvalue weighted by molar-refractivity contribution is -0.116. The number of hydrogen-bond donors (Lipinski definition) is 1. The summed E-state index contributed by atoms with van der Waals surface area (Å²) in [4.78, 5) is 12.4. The molecule has 0 saturated heterocycles. The van der Waals surface area contributed by atoms with E-state index in [-0.39, 0.29) is 19.0 Å². The van der Waals surface area contributed by atoms with Gasteiger partial charge in [-0.2, -0.15) is 4.31 Å². The topological polar surface area (TPSA) is 66.5 Å². The molecule has 1 N–H and O–H groups in total. The van der Waals surface area contributed by atoms with Crippen LogP contribution >= 0.6 is 0 Å². The van der Waals surface area contributed by atoms with E-state index in [0.29, 0.717) is 0 Å². The summed E-state index contributed by atoms with van der Waals surface area (Å²) in [5.74, 6) is -0.352. The van der Waals surface area contributed by atoms with Gasteiger partial charge in [0.2, 0.25) is 15.9 Å². The minimum atomic E-state index is -3.51. The Morgan fingerprint density at radius 2 is 1.56 bits per heavy atom. The summed E-state index contributed by atoms with van der Waals surface area (Å²) < 4.78 is 25.3. The molecule has 0 heterocycles. The summed E-state index contributed by atoms with van der Waals surface area (Å²) >= 11 is 0. The molecule has 0 saturated carbocycles. The second-order valence-corrected chi connectivity index (χ2v) is 8.31. The van der Waals surface area contributed by atoms with Crippen LogP contribution in [0.4, 0.5) is 5.69 Å². The molecule has 25 heavy (non-hydrogen) atoms. The Labute approximate surface area is 149 Å². The zero-order valence-electron chi connectivity index (χ0n) is 15.0. The standard InChI is InChI=1S/C19H24N2O3S/c1-14-8-10-17(11-9-14)12-21(25(4,23)24)13-18(22)20-19-15(2)6-5-7-16(19)3/h5-11H,12-13H2,1-4H3,(H,20,22). The van der Waals surface area contributed by atoms with E-state index in [2.05, 4.69) is 5.32 Å². The van der Waals surface area contributed by atoms with Crippen LogP contribution in [0, 0.1) is 20.8 Å². The van der Waals surface area contributed by atoms with E-state index in [1.54, 1.807) is 0 Å². The van der Waals surface area contributed by atoms with E-state index in [0.717, 1.165) is 34.2 Å². The molecule has 6 heteroatoms. The molecular weight excluding hydrogens is 336 g/mol. The molecule has 5 nitrogen and oxygen atoms in total. The maximum Gasteiger partial charge on any atom is 0.239 e. The highest BCUT2D eigenvalue weighted by molar-refractivity contribution is 7.88. The van der Waals surface area contributed by atoms with Crippen molar-refractivity contribution in [3.8, 4) is 0 Å². The molecule has 0 unspecified atom stereocenters. The van der Waals surface area contributed by atoms with E-state index in [4.69, 9.17) is 0 Å². The Morgan fingerprint density at radius 1 is 1.00 bits per heavy atom. The number of benzene rings is 2. The third-order valence-corrected chi connectivity index (χ3v) is 5.21. The third-order valence-electron chi connectivity index (χ3n) is 4.01. The molecule has 0 bridgehead atoms. The number of anilines is 1. The smallest absolute Gasteiger partial charge is 0.239 e. The first kappa shape index (κ1) is 19.1. The van der Waals surface area contributed by atoms with Crippen LogP contribution in [0.25, 0.3) is 0 Å². The van der Waals surface area contributed by atoms with Crippen molar-refractivity contribution in [3.05, 3.63) is 64.7 Å². The highest BCUT2D eigenvalue weighted by atomic mass is 32.2. The van der Waals surface area contributed by atoms with E-state index in [9.17, 15) is 13.2 Å². The zero-order valence-corrected chi connectivity index (χ0v) is 15.9. The first-order chi connectivity index (χ1) is 11.7. The van der Waals surface area contributed by atoms with Gasteiger partial charge >= 0.3 is 0 Å². The van der Waals surface area contributed by atoms with Crippen molar-refractivity contribution < 1.29 is 13.2 Å². The molecular formula is C19H24N2O3S. The number of carbonyl (C=O) groups is 1. The van der Waals surface area contributed by atoms with E-state index < -0.39 is 10.0 Å². The second-order valence-electron chi connectivity index (χ2n) is 6.33. The molecule has 0 aromatic heterocycles. The van der Waals surface area contributed by atoms with E-state index in [1.165, 1.54) is 4.31 Å². The van der Waals surface area contributed by atoms with Crippen LogP contribution < -0.4 is 5.32 Å². The lowest BCUT2D eigenvalue weighted by Crippen LogP contribution is -2.37. The quantitative estimate of drug-likeness (QED) is 0.861. The highest BCUT2D eigenvalue weighted by Gasteiger charge is 2.21. The maximum absolute atomic E-state index is 12.4. The Morgan fingerprint density at radius 3 is 2.08 bits per heavy atom. The Balaban J connectivity index is 2.14. The van der Waals surface area contributed by atoms with E-state index in [1.807, 2.05) is 63.2 Å². The molecule has 2 rings (SSSR count). The number of carbonyl (C=O) groups excluding carboxylic acids is 1. The fourth-order valence-corrected chi connectivity index (χ4v) is 3.27. The summed E-state index contributed by atoms with van der Waals surface area (Å²) in [6.07, 6.45) is 1.12. The van der Waals surface area contributed by atoms with Crippen LogP contribution in [-0.4, -0.2) is 31.4 Å². The molecule has 0 aliphatic heterocycles. The number of hydrogen-bond acceptors (Lipinski definition) is 3. The van der Waals surface area contributed by atoms with Crippen molar-refractivity contribution >= 4 is 21.6 Å². The maximum atomic E-state index is 12.4. The number of amides is 1. The molecule has 2 aromatic carbocycles. The summed E-state index contributed by atoms with van der Waals surface area (Å²) in [6, 6.07) is 13.3. The number of aryl methyl sites for hydroxylation is 3. The van der Waals surface area contributed by atoms with Gasteiger partial charge in [-0.25, -0.2) is 8.42 Å². The van der Waals surface area contributed by atoms with Gasteiger partial charge in [0.05, 0.1) is 12.8 Å². The summed E-state index contributed by atoms with van der Waals surface area (Å²) in [6.45, 7) is 5.72. The average Bonchev–Trinajstić information content (AvgIpc) is 2.51. The molecule has 0 aliphatic carbocycles. The van der Waals surface area contributed by atoms with Crippen molar-refractivity contribution in [2.24, 2.45) is 0 Å². The zero-order chi connectivity index (χ0) is 18.6. The van der Waals surface area contributed by atoms with Crippen LogP contribution in [0.15, 0.2) is 42.5 Å². The largest absolute Gasteiger partial charge is 0.324 e. The molecule has 1 amide bonds. The van der Waals surface area contributed by atoms with Gasteiger partial charge in [0, 0.05) is 12.2 Å². The molecule has 0 fully saturated rings. The molecule has 2 aromatic rings. The van der Waals surface area contributed by atoms with E-state index >= 15 is 0 Å². The summed E-state index contributed by atoms with van der Waals surface area (Å²) in [5.41, 5.74) is 4.56. The van der Waals surface area contributed by atoms with Gasteiger partial charge in [0.25, 0.3) is 0 Å². The van der Waals surface area contributed by atoms with Gasteiger partial charge in [-0.05, 0) is 37.5 Å². The highest BCUT2D eigenvalue weighted by Crippen LogP contribution is 2.19. The first-order valence-corrected chi connectivity index (χ1v) is 9.88. The van der Waals surface area contributed by atoms with Crippen molar-refractivity contribution in [1.29, 1.82) is 0 Å². The van der Waals surface area contributed by atoms with Crippen LogP contribution in [0.1, 0.15) is 22.3 Å². The molecule has 0 aliphatic rings.